The molecule has 0 heterocycles. The minimum absolute atomic E-state index is 0.208. The van der Waals surface area contributed by atoms with E-state index in [4.69, 9.17) is 4.74 Å². The van der Waals surface area contributed by atoms with Crippen LogP contribution in [0.4, 0.5) is 0 Å². The second-order valence-electron chi connectivity index (χ2n) is 7.80. The van der Waals surface area contributed by atoms with Crippen molar-refractivity contribution < 1.29 is 9.53 Å². The van der Waals surface area contributed by atoms with E-state index in [0.717, 1.165) is 5.56 Å². The molecule has 0 saturated heterocycles. The summed E-state index contributed by atoms with van der Waals surface area (Å²) in [6.45, 7) is 5.61. The summed E-state index contributed by atoms with van der Waals surface area (Å²) in [5.41, 5.74) is 4.86. The first-order chi connectivity index (χ1) is 13.6. The molecule has 2 nitrogen and oxygen atoms in total. The SMILES string of the molecule is CCCCCCCCCCc1ccc(-c2ccc(C(C)OC(C)=O)cc2)cc1. The predicted octanol–water partition coefficient (Wildman–Crippen LogP) is 7.66. The van der Waals surface area contributed by atoms with Gasteiger partial charge in [0, 0.05) is 6.92 Å². The fourth-order valence-corrected chi connectivity index (χ4v) is 3.59. The summed E-state index contributed by atoms with van der Waals surface area (Å²) in [7, 11) is 0. The highest BCUT2D eigenvalue weighted by Gasteiger charge is 2.08. The molecule has 2 heteroatoms. The van der Waals surface area contributed by atoms with Gasteiger partial charge in [-0.3, -0.25) is 4.79 Å². The molecule has 1 atom stereocenters. The van der Waals surface area contributed by atoms with Gasteiger partial charge in [-0.05, 0) is 42.0 Å². The number of benzene rings is 2. The number of carbonyl (C=O) groups is 1. The van der Waals surface area contributed by atoms with E-state index in [2.05, 4.69) is 43.3 Å². The van der Waals surface area contributed by atoms with Crippen LogP contribution in [0, 0.1) is 0 Å². The second kappa shape index (κ2) is 12.4. The Bertz CT molecular complexity index is 685. The van der Waals surface area contributed by atoms with Crippen molar-refractivity contribution in [2.75, 3.05) is 0 Å². The van der Waals surface area contributed by atoms with Gasteiger partial charge in [0.15, 0.2) is 0 Å². The molecular formula is C26H36O2. The maximum Gasteiger partial charge on any atom is 0.303 e. The third-order valence-corrected chi connectivity index (χ3v) is 5.33. The molecule has 0 amide bonds. The molecule has 1 unspecified atom stereocenters. The molecule has 0 radical (unpaired) electrons. The Hall–Kier alpha value is -2.09. The van der Waals surface area contributed by atoms with Gasteiger partial charge >= 0.3 is 5.97 Å². The molecule has 2 aromatic rings. The largest absolute Gasteiger partial charge is 0.458 e. The lowest BCUT2D eigenvalue weighted by molar-refractivity contribution is -0.145. The topological polar surface area (TPSA) is 26.3 Å². The van der Waals surface area contributed by atoms with Crippen molar-refractivity contribution >= 4 is 5.97 Å². The number of hydrogen-bond donors (Lipinski definition) is 0. The zero-order chi connectivity index (χ0) is 20.2. The van der Waals surface area contributed by atoms with Crippen LogP contribution in [0.25, 0.3) is 11.1 Å². The quantitative estimate of drug-likeness (QED) is 0.279. The predicted molar refractivity (Wildman–Crippen MR) is 118 cm³/mol. The van der Waals surface area contributed by atoms with E-state index in [9.17, 15) is 4.79 Å². The number of unbranched alkanes of at least 4 members (excludes halogenated alkanes) is 7. The summed E-state index contributed by atoms with van der Waals surface area (Å²) in [6.07, 6.45) is 11.9. The van der Waals surface area contributed by atoms with Crippen molar-refractivity contribution in [3.05, 3.63) is 59.7 Å². The number of hydrogen-bond acceptors (Lipinski definition) is 2. The lowest BCUT2D eigenvalue weighted by atomic mass is 9.99. The van der Waals surface area contributed by atoms with Gasteiger partial charge in [-0.2, -0.15) is 0 Å². The van der Waals surface area contributed by atoms with Crippen LogP contribution in [-0.4, -0.2) is 5.97 Å². The van der Waals surface area contributed by atoms with Crippen molar-refractivity contribution in [3.63, 3.8) is 0 Å². The Labute approximate surface area is 171 Å². The average molecular weight is 381 g/mol. The van der Waals surface area contributed by atoms with E-state index in [0.29, 0.717) is 0 Å². The highest BCUT2D eigenvalue weighted by Crippen LogP contribution is 2.24. The molecule has 152 valence electrons. The van der Waals surface area contributed by atoms with E-state index in [1.807, 2.05) is 19.1 Å². The summed E-state index contributed by atoms with van der Waals surface area (Å²) < 4.78 is 5.24. The molecule has 2 aromatic carbocycles. The number of carbonyl (C=O) groups excluding carboxylic acids is 1. The number of aryl methyl sites for hydroxylation is 1. The van der Waals surface area contributed by atoms with E-state index in [1.54, 1.807) is 0 Å². The zero-order valence-electron chi connectivity index (χ0n) is 17.9. The van der Waals surface area contributed by atoms with Crippen molar-refractivity contribution in [3.8, 4) is 11.1 Å². The van der Waals surface area contributed by atoms with Crippen LogP contribution >= 0.6 is 0 Å². The zero-order valence-corrected chi connectivity index (χ0v) is 17.9. The van der Waals surface area contributed by atoms with Crippen molar-refractivity contribution in [2.45, 2.75) is 84.7 Å². The maximum atomic E-state index is 11.1. The fourth-order valence-electron chi connectivity index (χ4n) is 3.59. The molecule has 28 heavy (non-hydrogen) atoms. The molecule has 0 bridgehead atoms. The van der Waals surface area contributed by atoms with Gasteiger partial charge in [0.1, 0.15) is 6.10 Å². The van der Waals surface area contributed by atoms with Crippen LogP contribution in [0.15, 0.2) is 48.5 Å². The third kappa shape index (κ3) is 7.88. The van der Waals surface area contributed by atoms with Gasteiger partial charge in [0.25, 0.3) is 0 Å². The third-order valence-electron chi connectivity index (χ3n) is 5.33. The minimum atomic E-state index is -0.247. The number of rotatable bonds is 12. The van der Waals surface area contributed by atoms with Gasteiger partial charge in [0.2, 0.25) is 0 Å². The standard InChI is InChI=1S/C26H36O2/c1-4-5-6-7-8-9-10-11-12-23-13-15-25(16-14-23)26-19-17-24(18-20-26)21(2)28-22(3)27/h13-21H,4-12H2,1-3H3. The fraction of sp³-hybridized carbons (Fsp3) is 0.500. The Morgan fingerprint density at radius 3 is 1.82 bits per heavy atom. The highest BCUT2D eigenvalue weighted by molar-refractivity contribution is 5.67. The molecule has 0 spiro atoms. The van der Waals surface area contributed by atoms with Gasteiger partial charge in [0.05, 0.1) is 0 Å². The molecule has 0 saturated carbocycles. The van der Waals surface area contributed by atoms with E-state index in [-0.39, 0.29) is 12.1 Å². The molecule has 0 aliphatic carbocycles. The molecule has 0 aliphatic heterocycles. The normalized spacial score (nSPS) is 12.0. The summed E-state index contributed by atoms with van der Waals surface area (Å²) in [5, 5.41) is 0. The lowest BCUT2D eigenvalue weighted by Crippen LogP contribution is -2.04. The number of ether oxygens (including phenoxy) is 1. The Balaban J connectivity index is 1.76. The second-order valence-corrected chi connectivity index (χ2v) is 7.80. The minimum Gasteiger partial charge on any atom is -0.458 e. The van der Waals surface area contributed by atoms with E-state index >= 15 is 0 Å². The van der Waals surface area contributed by atoms with Crippen molar-refractivity contribution in [1.82, 2.24) is 0 Å². The summed E-state index contributed by atoms with van der Waals surface area (Å²) in [6, 6.07) is 17.2. The van der Waals surface area contributed by atoms with Crippen LogP contribution in [0.3, 0.4) is 0 Å². The highest BCUT2D eigenvalue weighted by atomic mass is 16.5. The Morgan fingerprint density at radius 2 is 1.29 bits per heavy atom. The first-order valence-corrected chi connectivity index (χ1v) is 11.0. The average Bonchev–Trinajstić information content (AvgIpc) is 2.70. The van der Waals surface area contributed by atoms with Crippen molar-refractivity contribution in [2.24, 2.45) is 0 Å². The van der Waals surface area contributed by atoms with Crippen molar-refractivity contribution in [1.29, 1.82) is 0 Å². The van der Waals surface area contributed by atoms with Crippen LogP contribution in [-0.2, 0) is 16.0 Å². The smallest absolute Gasteiger partial charge is 0.303 e. The molecule has 0 aliphatic rings. The number of esters is 1. The van der Waals surface area contributed by atoms with Gasteiger partial charge in [-0.15, -0.1) is 0 Å². The summed E-state index contributed by atoms with van der Waals surface area (Å²) in [4.78, 5) is 11.1. The van der Waals surface area contributed by atoms with Crippen LogP contribution < -0.4 is 0 Å². The molecule has 2 rings (SSSR count). The van der Waals surface area contributed by atoms with Gasteiger partial charge < -0.3 is 4.74 Å². The van der Waals surface area contributed by atoms with Gasteiger partial charge in [-0.25, -0.2) is 0 Å². The first-order valence-electron chi connectivity index (χ1n) is 11.0. The monoisotopic (exact) mass is 380 g/mol. The Kier molecular flexibility index (Phi) is 9.82. The van der Waals surface area contributed by atoms with Crippen LogP contribution in [0.1, 0.15) is 89.4 Å². The Morgan fingerprint density at radius 1 is 0.786 bits per heavy atom. The summed E-state index contributed by atoms with van der Waals surface area (Å²) in [5.74, 6) is -0.247. The molecule has 0 N–H and O–H groups in total. The van der Waals surface area contributed by atoms with E-state index in [1.165, 1.54) is 81.4 Å². The van der Waals surface area contributed by atoms with Crippen LogP contribution in [0.5, 0.6) is 0 Å². The molecular weight excluding hydrogens is 344 g/mol. The van der Waals surface area contributed by atoms with Gasteiger partial charge in [-0.1, -0.05) is 100 Å². The van der Waals surface area contributed by atoms with E-state index < -0.39 is 0 Å². The maximum absolute atomic E-state index is 11.1. The van der Waals surface area contributed by atoms with Crippen LogP contribution in [0.2, 0.25) is 0 Å². The first kappa shape index (κ1) is 22.2. The molecule has 0 aromatic heterocycles. The lowest BCUT2D eigenvalue weighted by Gasteiger charge is -2.13. The molecule has 0 fully saturated rings. The summed E-state index contributed by atoms with van der Waals surface area (Å²) >= 11 is 0.